The molecule has 1 amide bonds. The molecule has 0 unspecified atom stereocenters. The van der Waals surface area contributed by atoms with Crippen molar-refractivity contribution in [2.75, 3.05) is 32.7 Å². The summed E-state index contributed by atoms with van der Waals surface area (Å²) >= 11 is 0. The third kappa shape index (κ3) is 2.12. The monoisotopic (exact) mass is 210 g/mol. The highest BCUT2D eigenvalue weighted by atomic mass is 16.2. The molecule has 0 saturated carbocycles. The molecule has 1 aliphatic heterocycles. The number of carbonyl (C=O) groups excluding carboxylic acids is 1. The molecule has 1 aliphatic rings. The van der Waals surface area contributed by atoms with Gasteiger partial charge in [-0.25, -0.2) is 0 Å². The largest absolute Gasteiger partial charge is 0.333 e. The number of rotatable bonds is 2. The number of aromatic nitrogens is 4. The molecule has 0 aliphatic carbocycles. The van der Waals surface area contributed by atoms with Crippen LogP contribution in [0.2, 0.25) is 0 Å². The molecule has 0 radical (unpaired) electrons. The maximum absolute atomic E-state index is 11.8. The van der Waals surface area contributed by atoms with Gasteiger partial charge in [0.2, 0.25) is 0 Å². The molecule has 0 spiro atoms. The van der Waals surface area contributed by atoms with Crippen molar-refractivity contribution in [1.29, 1.82) is 0 Å². The van der Waals surface area contributed by atoms with E-state index in [1.165, 1.54) is 0 Å². The van der Waals surface area contributed by atoms with Crippen LogP contribution >= 0.6 is 0 Å². The fourth-order valence-corrected chi connectivity index (χ4v) is 1.66. The van der Waals surface area contributed by atoms with Crippen LogP contribution in [0.1, 0.15) is 17.5 Å². The molecule has 0 atom stereocenters. The van der Waals surface area contributed by atoms with Crippen molar-refractivity contribution in [2.24, 2.45) is 0 Å². The first kappa shape index (κ1) is 10.0. The van der Waals surface area contributed by atoms with Gasteiger partial charge in [-0.15, -0.1) is 10.2 Å². The zero-order valence-corrected chi connectivity index (χ0v) is 8.68. The Bertz CT molecular complexity index is 316. The molecular weight excluding hydrogens is 196 g/mol. The van der Waals surface area contributed by atoms with Gasteiger partial charge in [0, 0.05) is 26.2 Å². The second-order valence-corrected chi connectivity index (χ2v) is 3.46. The van der Waals surface area contributed by atoms with Gasteiger partial charge in [0.05, 0.1) is 0 Å². The number of piperazine rings is 1. The summed E-state index contributed by atoms with van der Waals surface area (Å²) in [6.07, 6.45) is 0. The normalized spacial score (nSPS) is 18.1. The van der Waals surface area contributed by atoms with E-state index in [0.717, 1.165) is 32.7 Å². The first-order valence-electron chi connectivity index (χ1n) is 5.06. The highest BCUT2D eigenvalue weighted by molar-refractivity contribution is 5.90. The summed E-state index contributed by atoms with van der Waals surface area (Å²) in [6, 6.07) is 0. The minimum Gasteiger partial charge on any atom is -0.333 e. The predicted molar refractivity (Wildman–Crippen MR) is 52.2 cm³/mol. The van der Waals surface area contributed by atoms with Crippen LogP contribution in [-0.4, -0.2) is 69.1 Å². The zero-order valence-electron chi connectivity index (χ0n) is 8.68. The SMILES string of the molecule is CCN1CCN(C(=O)c2nn[nH]n2)CC1. The smallest absolute Gasteiger partial charge is 0.295 e. The molecule has 7 heteroatoms. The van der Waals surface area contributed by atoms with E-state index in [0.29, 0.717) is 0 Å². The molecule has 0 bridgehead atoms. The molecule has 7 nitrogen and oxygen atoms in total. The molecule has 2 rings (SSSR count). The van der Waals surface area contributed by atoms with Gasteiger partial charge in [-0.2, -0.15) is 5.21 Å². The van der Waals surface area contributed by atoms with Gasteiger partial charge in [0.1, 0.15) is 0 Å². The van der Waals surface area contributed by atoms with E-state index in [9.17, 15) is 4.79 Å². The molecule has 1 fully saturated rings. The lowest BCUT2D eigenvalue weighted by Gasteiger charge is -2.33. The van der Waals surface area contributed by atoms with Gasteiger partial charge < -0.3 is 9.80 Å². The number of tetrazole rings is 1. The lowest BCUT2D eigenvalue weighted by atomic mass is 10.3. The van der Waals surface area contributed by atoms with Crippen molar-refractivity contribution in [3.63, 3.8) is 0 Å². The van der Waals surface area contributed by atoms with Crippen LogP contribution in [0.5, 0.6) is 0 Å². The summed E-state index contributed by atoms with van der Waals surface area (Å²) in [5.41, 5.74) is 0. The van der Waals surface area contributed by atoms with E-state index in [-0.39, 0.29) is 11.7 Å². The van der Waals surface area contributed by atoms with Crippen molar-refractivity contribution in [3.05, 3.63) is 5.82 Å². The maximum atomic E-state index is 11.8. The molecule has 15 heavy (non-hydrogen) atoms. The summed E-state index contributed by atoms with van der Waals surface area (Å²) < 4.78 is 0. The molecular formula is C8H14N6O. The highest BCUT2D eigenvalue weighted by Crippen LogP contribution is 2.04. The molecule has 1 saturated heterocycles. The number of hydrogen-bond donors (Lipinski definition) is 1. The van der Waals surface area contributed by atoms with Crippen LogP contribution in [0, 0.1) is 0 Å². The third-order valence-corrected chi connectivity index (χ3v) is 2.64. The lowest BCUT2D eigenvalue weighted by molar-refractivity contribution is 0.0631. The van der Waals surface area contributed by atoms with Crippen molar-refractivity contribution in [3.8, 4) is 0 Å². The second kappa shape index (κ2) is 4.35. The van der Waals surface area contributed by atoms with Crippen molar-refractivity contribution in [1.82, 2.24) is 30.4 Å². The van der Waals surface area contributed by atoms with Crippen LogP contribution < -0.4 is 0 Å². The Hall–Kier alpha value is -1.50. The topological polar surface area (TPSA) is 78.0 Å². The molecule has 82 valence electrons. The Morgan fingerprint density at radius 1 is 1.40 bits per heavy atom. The first-order valence-corrected chi connectivity index (χ1v) is 5.06. The van der Waals surface area contributed by atoms with Crippen LogP contribution in [-0.2, 0) is 0 Å². The standard InChI is InChI=1S/C8H14N6O/c1-2-13-3-5-14(6-4-13)8(15)7-9-11-12-10-7/h2-6H2,1H3,(H,9,10,11,12). The number of nitrogens with zero attached hydrogens (tertiary/aromatic N) is 5. The Morgan fingerprint density at radius 2 is 2.13 bits per heavy atom. The Kier molecular flexibility index (Phi) is 2.91. The van der Waals surface area contributed by atoms with Gasteiger partial charge in [-0.05, 0) is 11.8 Å². The minimum atomic E-state index is -0.139. The lowest BCUT2D eigenvalue weighted by Crippen LogP contribution is -2.48. The summed E-state index contributed by atoms with van der Waals surface area (Å²) in [5, 5.41) is 13.0. The van der Waals surface area contributed by atoms with Gasteiger partial charge in [-0.1, -0.05) is 6.92 Å². The Balaban J connectivity index is 1.93. The van der Waals surface area contributed by atoms with E-state index in [4.69, 9.17) is 0 Å². The summed E-state index contributed by atoms with van der Waals surface area (Å²) in [4.78, 5) is 15.8. The summed E-state index contributed by atoms with van der Waals surface area (Å²) in [6.45, 7) is 6.46. The highest BCUT2D eigenvalue weighted by Gasteiger charge is 2.23. The molecule has 1 aromatic rings. The average molecular weight is 210 g/mol. The Labute approximate surface area is 87.4 Å². The fraction of sp³-hybridized carbons (Fsp3) is 0.750. The van der Waals surface area contributed by atoms with Gasteiger partial charge in [-0.3, -0.25) is 4.79 Å². The van der Waals surface area contributed by atoms with E-state index >= 15 is 0 Å². The van der Waals surface area contributed by atoms with E-state index in [1.54, 1.807) is 4.90 Å². The third-order valence-electron chi connectivity index (χ3n) is 2.64. The second-order valence-electron chi connectivity index (χ2n) is 3.46. The van der Waals surface area contributed by atoms with Gasteiger partial charge in [0.25, 0.3) is 11.7 Å². The number of amides is 1. The van der Waals surface area contributed by atoms with Crippen molar-refractivity contribution in [2.45, 2.75) is 6.92 Å². The zero-order chi connectivity index (χ0) is 10.7. The fourth-order valence-electron chi connectivity index (χ4n) is 1.66. The quantitative estimate of drug-likeness (QED) is 0.676. The number of aromatic amines is 1. The average Bonchev–Trinajstić information content (AvgIpc) is 2.82. The first-order chi connectivity index (χ1) is 7.31. The van der Waals surface area contributed by atoms with Crippen molar-refractivity contribution >= 4 is 5.91 Å². The minimum absolute atomic E-state index is 0.139. The maximum Gasteiger partial charge on any atom is 0.295 e. The van der Waals surface area contributed by atoms with Crippen LogP contribution in [0.15, 0.2) is 0 Å². The van der Waals surface area contributed by atoms with E-state index in [2.05, 4.69) is 32.4 Å². The van der Waals surface area contributed by atoms with Crippen LogP contribution in [0.3, 0.4) is 0 Å². The number of carbonyl (C=O) groups is 1. The summed E-state index contributed by atoms with van der Waals surface area (Å²) in [5.74, 6) is 0.0134. The number of H-pyrrole nitrogens is 1. The van der Waals surface area contributed by atoms with Gasteiger partial charge >= 0.3 is 0 Å². The predicted octanol–water partition coefficient (Wildman–Crippen LogP) is -1.02. The van der Waals surface area contributed by atoms with E-state index < -0.39 is 0 Å². The molecule has 2 heterocycles. The Morgan fingerprint density at radius 3 is 2.67 bits per heavy atom. The number of likely N-dealkylation sites (N-methyl/N-ethyl adjacent to an activating group) is 1. The molecule has 1 N–H and O–H groups in total. The molecule has 0 aromatic carbocycles. The molecule has 1 aromatic heterocycles. The van der Waals surface area contributed by atoms with Crippen LogP contribution in [0.4, 0.5) is 0 Å². The number of nitrogens with one attached hydrogen (secondary N) is 1. The van der Waals surface area contributed by atoms with Crippen LogP contribution in [0.25, 0.3) is 0 Å². The van der Waals surface area contributed by atoms with Crippen molar-refractivity contribution < 1.29 is 4.79 Å². The van der Waals surface area contributed by atoms with E-state index in [1.807, 2.05) is 0 Å². The van der Waals surface area contributed by atoms with Gasteiger partial charge in [0.15, 0.2) is 0 Å². The number of hydrogen-bond acceptors (Lipinski definition) is 5. The summed E-state index contributed by atoms with van der Waals surface area (Å²) in [7, 11) is 0.